The van der Waals surface area contributed by atoms with Gasteiger partial charge in [0.2, 0.25) is 5.91 Å². The Morgan fingerprint density at radius 2 is 1.90 bits per heavy atom. The van der Waals surface area contributed by atoms with Gasteiger partial charge >= 0.3 is 5.97 Å². The molecule has 21 heavy (non-hydrogen) atoms. The number of halogens is 1. The predicted molar refractivity (Wildman–Crippen MR) is 83.1 cm³/mol. The first kappa shape index (κ1) is 17.4. The zero-order valence-electron chi connectivity index (χ0n) is 12.4. The van der Waals surface area contributed by atoms with E-state index >= 15 is 0 Å². The summed E-state index contributed by atoms with van der Waals surface area (Å²) in [5.41, 5.74) is 0.387. The van der Waals surface area contributed by atoms with Crippen molar-refractivity contribution in [3.63, 3.8) is 0 Å². The lowest BCUT2D eigenvalue weighted by molar-refractivity contribution is -0.117. The third kappa shape index (κ3) is 6.12. The molecule has 7 heteroatoms. The number of aromatic carboxylic acids is 1. The highest BCUT2D eigenvalue weighted by Gasteiger charge is 2.11. The molecular weight excluding hydrogens is 294 g/mol. The molecule has 0 fully saturated rings. The number of hydrogen-bond donors (Lipinski definition) is 2. The van der Waals surface area contributed by atoms with Crippen molar-refractivity contribution in [2.45, 2.75) is 0 Å². The maximum Gasteiger partial charge on any atom is 0.335 e. The van der Waals surface area contributed by atoms with Gasteiger partial charge in [-0.1, -0.05) is 11.6 Å². The summed E-state index contributed by atoms with van der Waals surface area (Å²) in [5.74, 6) is -1.30. The average molecular weight is 314 g/mol. The number of nitrogens with one attached hydrogen (secondary N) is 1. The summed E-state index contributed by atoms with van der Waals surface area (Å²) in [6.45, 7) is 1.81. The van der Waals surface area contributed by atoms with Crippen LogP contribution in [-0.2, 0) is 4.79 Å². The van der Waals surface area contributed by atoms with Gasteiger partial charge in [0.1, 0.15) is 0 Å². The number of hydrogen-bond acceptors (Lipinski definition) is 4. The lowest BCUT2D eigenvalue weighted by Gasteiger charge is -2.19. The minimum absolute atomic E-state index is 0.0793. The summed E-state index contributed by atoms with van der Waals surface area (Å²) in [4.78, 5) is 26.7. The average Bonchev–Trinajstić information content (AvgIpc) is 2.38. The van der Waals surface area contributed by atoms with Gasteiger partial charge in [-0.25, -0.2) is 4.79 Å². The van der Waals surface area contributed by atoms with Gasteiger partial charge in [0.25, 0.3) is 0 Å². The number of carbonyl (C=O) groups is 2. The summed E-state index contributed by atoms with van der Waals surface area (Å²) in [6.07, 6.45) is 0. The molecule has 0 atom stereocenters. The van der Waals surface area contributed by atoms with Crippen molar-refractivity contribution < 1.29 is 14.7 Å². The SMILES string of the molecule is CN(C)CCN(C)CC(=O)Nc1cc(C(=O)O)ccc1Cl. The van der Waals surface area contributed by atoms with Crippen LogP contribution in [-0.4, -0.2) is 67.6 Å². The van der Waals surface area contributed by atoms with Crippen LogP contribution >= 0.6 is 11.6 Å². The molecule has 0 aliphatic heterocycles. The van der Waals surface area contributed by atoms with Crippen molar-refractivity contribution >= 4 is 29.2 Å². The fourth-order valence-electron chi connectivity index (χ4n) is 1.64. The van der Waals surface area contributed by atoms with Crippen molar-refractivity contribution in [3.05, 3.63) is 28.8 Å². The van der Waals surface area contributed by atoms with Crippen LogP contribution in [0.15, 0.2) is 18.2 Å². The third-order valence-corrected chi connectivity index (χ3v) is 3.16. The number of carbonyl (C=O) groups excluding carboxylic acids is 1. The maximum atomic E-state index is 11.9. The molecule has 2 N–H and O–H groups in total. The quantitative estimate of drug-likeness (QED) is 0.797. The third-order valence-electron chi connectivity index (χ3n) is 2.83. The Morgan fingerprint density at radius 1 is 1.24 bits per heavy atom. The zero-order chi connectivity index (χ0) is 16.0. The Morgan fingerprint density at radius 3 is 2.48 bits per heavy atom. The van der Waals surface area contributed by atoms with Gasteiger partial charge in [-0.2, -0.15) is 0 Å². The number of anilines is 1. The molecule has 0 spiro atoms. The number of rotatable bonds is 7. The normalized spacial score (nSPS) is 11.0. The van der Waals surface area contributed by atoms with Crippen LogP contribution in [0.5, 0.6) is 0 Å². The number of amides is 1. The van der Waals surface area contributed by atoms with Crippen molar-refractivity contribution in [1.82, 2.24) is 9.80 Å². The Hall–Kier alpha value is -1.63. The molecular formula is C14H20ClN3O3. The summed E-state index contributed by atoms with van der Waals surface area (Å²) < 4.78 is 0. The molecule has 1 aromatic carbocycles. The van der Waals surface area contributed by atoms with Crippen LogP contribution in [0.25, 0.3) is 0 Å². The molecule has 0 saturated heterocycles. The zero-order valence-corrected chi connectivity index (χ0v) is 13.1. The highest BCUT2D eigenvalue weighted by molar-refractivity contribution is 6.33. The second kappa shape index (κ2) is 7.97. The van der Waals surface area contributed by atoms with E-state index in [-0.39, 0.29) is 18.0 Å². The first-order valence-electron chi connectivity index (χ1n) is 6.45. The van der Waals surface area contributed by atoms with Gasteiger partial charge in [-0.15, -0.1) is 0 Å². The van der Waals surface area contributed by atoms with E-state index in [1.807, 2.05) is 30.9 Å². The molecule has 0 saturated carbocycles. The Kier molecular flexibility index (Phi) is 6.61. The molecule has 116 valence electrons. The van der Waals surface area contributed by atoms with Crippen LogP contribution in [0.3, 0.4) is 0 Å². The number of benzene rings is 1. The summed E-state index contributed by atoms with van der Waals surface area (Å²) in [6, 6.07) is 4.20. The minimum atomic E-state index is -1.06. The highest BCUT2D eigenvalue weighted by atomic mass is 35.5. The fourth-order valence-corrected chi connectivity index (χ4v) is 1.80. The van der Waals surface area contributed by atoms with Crippen LogP contribution in [0.2, 0.25) is 5.02 Å². The summed E-state index contributed by atoms with van der Waals surface area (Å²) in [5, 5.41) is 11.9. The molecule has 0 radical (unpaired) electrons. The first-order chi connectivity index (χ1) is 9.79. The van der Waals surface area contributed by atoms with E-state index in [0.717, 1.165) is 13.1 Å². The largest absolute Gasteiger partial charge is 0.478 e. The van der Waals surface area contributed by atoms with Gasteiger partial charge < -0.3 is 15.3 Å². The number of nitrogens with zero attached hydrogens (tertiary/aromatic N) is 2. The smallest absolute Gasteiger partial charge is 0.335 e. The molecule has 0 aliphatic carbocycles. The van der Waals surface area contributed by atoms with E-state index in [0.29, 0.717) is 10.7 Å². The van der Waals surface area contributed by atoms with E-state index in [9.17, 15) is 9.59 Å². The maximum absolute atomic E-state index is 11.9. The van der Waals surface area contributed by atoms with Crippen molar-refractivity contribution in [2.24, 2.45) is 0 Å². The van der Waals surface area contributed by atoms with E-state index < -0.39 is 5.97 Å². The second-order valence-electron chi connectivity index (χ2n) is 5.09. The number of likely N-dealkylation sites (N-methyl/N-ethyl adjacent to an activating group) is 2. The minimum Gasteiger partial charge on any atom is -0.478 e. The Balaban J connectivity index is 2.62. The van der Waals surface area contributed by atoms with Crippen LogP contribution < -0.4 is 5.32 Å². The molecule has 0 bridgehead atoms. The van der Waals surface area contributed by atoms with Crippen LogP contribution in [0.1, 0.15) is 10.4 Å². The van der Waals surface area contributed by atoms with Gasteiger partial charge in [0.05, 0.1) is 22.8 Å². The highest BCUT2D eigenvalue weighted by Crippen LogP contribution is 2.23. The summed E-state index contributed by atoms with van der Waals surface area (Å²) >= 11 is 5.96. The second-order valence-corrected chi connectivity index (χ2v) is 5.50. The van der Waals surface area contributed by atoms with E-state index in [1.54, 1.807) is 0 Å². The van der Waals surface area contributed by atoms with E-state index in [1.165, 1.54) is 18.2 Å². The van der Waals surface area contributed by atoms with Crippen LogP contribution in [0, 0.1) is 0 Å². The van der Waals surface area contributed by atoms with Gasteiger partial charge in [0.15, 0.2) is 0 Å². The van der Waals surface area contributed by atoms with E-state index in [4.69, 9.17) is 16.7 Å². The number of carboxylic acid groups (broad SMARTS) is 1. The van der Waals surface area contributed by atoms with Crippen molar-refractivity contribution in [3.8, 4) is 0 Å². The predicted octanol–water partition coefficient (Wildman–Crippen LogP) is 1.47. The molecule has 1 aromatic rings. The Labute approximate surface area is 129 Å². The molecule has 6 nitrogen and oxygen atoms in total. The monoisotopic (exact) mass is 313 g/mol. The van der Waals surface area contributed by atoms with E-state index in [2.05, 4.69) is 5.32 Å². The molecule has 0 aromatic heterocycles. The van der Waals surface area contributed by atoms with Gasteiger partial charge in [-0.3, -0.25) is 9.69 Å². The summed E-state index contributed by atoms with van der Waals surface area (Å²) in [7, 11) is 5.77. The lowest BCUT2D eigenvalue weighted by Crippen LogP contribution is -2.35. The molecule has 0 aliphatic rings. The molecule has 1 amide bonds. The van der Waals surface area contributed by atoms with Crippen LogP contribution in [0.4, 0.5) is 5.69 Å². The fraction of sp³-hybridized carbons (Fsp3) is 0.429. The molecule has 1 rings (SSSR count). The first-order valence-corrected chi connectivity index (χ1v) is 6.83. The van der Waals surface area contributed by atoms with Gasteiger partial charge in [-0.05, 0) is 39.3 Å². The topological polar surface area (TPSA) is 72.9 Å². The Bertz CT molecular complexity index is 520. The molecule has 0 unspecified atom stereocenters. The van der Waals surface area contributed by atoms with Gasteiger partial charge in [0, 0.05) is 13.1 Å². The van der Waals surface area contributed by atoms with Crippen molar-refractivity contribution in [1.29, 1.82) is 0 Å². The molecule has 0 heterocycles. The standard InChI is InChI=1S/C14H20ClN3O3/c1-17(2)6-7-18(3)9-13(19)16-12-8-10(14(20)21)4-5-11(12)15/h4-5,8H,6-7,9H2,1-3H3,(H,16,19)(H,20,21). The van der Waals surface area contributed by atoms with Crippen molar-refractivity contribution in [2.75, 3.05) is 46.1 Å². The number of carboxylic acids is 1. The lowest BCUT2D eigenvalue weighted by atomic mass is 10.2.